The fourth-order valence-electron chi connectivity index (χ4n) is 0.856. The van der Waals surface area contributed by atoms with Crippen molar-refractivity contribution in [2.24, 2.45) is 5.92 Å². The first kappa shape index (κ1) is 11.3. The van der Waals surface area contributed by atoms with Crippen LogP contribution in [-0.2, 0) is 0 Å². The van der Waals surface area contributed by atoms with E-state index in [0.29, 0.717) is 18.1 Å². The number of aliphatic hydroxyl groups excluding tert-OH is 1. The molecule has 0 radical (unpaired) electrons. The first-order chi connectivity index (χ1) is 5.59. The largest absolute Gasteiger partial charge is 0.512 e. The van der Waals surface area contributed by atoms with E-state index in [4.69, 9.17) is 0 Å². The maximum Gasteiger partial charge on any atom is 0.0951 e. The summed E-state index contributed by atoms with van der Waals surface area (Å²) in [4.78, 5) is 0. The molecule has 0 aliphatic heterocycles. The smallest absolute Gasteiger partial charge is 0.0951 e. The molecular weight excluding hydrogens is 148 g/mol. The lowest BCUT2D eigenvalue weighted by Crippen LogP contribution is -1.94. The molecule has 0 aliphatic rings. The number of hydrogen-bond acceptors (Lipinski definition) is 1. The molecule has 0 atom stereocenters. The third-order valence-corrected chi connectivity index (χ3v) is 2.03. The van der Waals surface area contributed by atoms with Gasteiger partial charge in [-0.05, 0) is 24.8 Å². The van der Waals surface area contributed by atoms with Gasteiger partial charge in [0, 0.05) is 6.42 Å². The van der Waals surface area contributed by atoms with Crippen molar-refractivity contribution in [3.8, 4) is 0 Å². The predicted molar refractivity (Wildman–Crippen MR) is 54.2 cm³/mol. The molecule has 1 N–H and O–H groups in total. The lowest BCUT2D eigenvalue weighted by molar-refractivity contribution is 0.386. The average molecular weight is 168 g/mol. The molecule has 70 valence electrons. The Kier molecular flexibility index (Phi) is 5.52. The highest BCUT2D eigenvalue weighted by molar-refractivity contribution is 5.10. The Morgan fingerprint density at radius 1 is 1.33 bits per heavy atom. The molecule has 0 unspecified atom stereocenters. The van der Waals surface area contributed by atoms with Gasteiger partial charge in [0.1, 0.15) is 0 Å². The minimum Gasteiger partial charge on any atom is -0.512 e. The van der Waals surface area contributed by atoms with Gasteiger partial charge in [-0.25, -0.2) is 0 Å². The van der Waals surface area contributed by atoms with Crippen molar-refractivity contribution in [3.05, 3.63) is 23.5 Å². The average Bonchev–Trinajstić information content (AvgIpc) is 2.03. The molecule has 0 fully saturated rings. The van der Waals surface area contributed by atoms with Gasteiger partial charge >= 0.3 is 0 Å². The maximum absolute atomic E-state index is 9.54. The van der Waals surface area contributed by atoms with E-state index in [1.165, 1.54) is 0 Å². The van der Waals surface area contributed by atoms with E-state index >= 15 is 0 Å². The van der Waals surface area contributed by atoms with Gasteiger partial charge in [-0.15, -0.1) is 0 Å². The highest BCUT2D eigenvalue weighted by atomic mass is 16.3. The second-order valence-corrected chi connectivity index (χ2v) is 3.37. The summed E-state index contributed by atoms with van der Waals surface area (Å²) >= 11 is 0. The molecular formula is C11H20O. The first-order valence-corrected chi connectivity index (χ1v) is 4.63. The summed E-state index contributed by atoms with van der Waals surface area (Å²) in [6.07, 6.45) is 5.80. The lowest BCUT2D eigenvalue weighted by atomic mass is 10.0. The van der Waals surface area contributed by atoms with Crippen molar-refractivity contribution < 1.29 is 5.11 Å². The molecule has 0 aromatic carbocycles. The molecule has 0 rings (SSSR count). The van der Waals surface area contributed by atoms with Gasteiger partial charge in [-0.2, -0.15) is 0 Å². The Morgan fingerprint density at radius 3 is 2.33 bits per heavy atom. The molecule has 0 aromatic rings. The molecule has 0 aliphatic carbocycles. The summed E-state index contributed by atoms with van der Waals surface area (Å²) in [6, 6.07) is 0. The summed E-state index contributed by atoms with van der Waals surface area (Å²) in [5, 5.41) is 9.54. The number of hydrogen-bond donors (Lipinski definition) is 1. The van der Waals surface area contributed by atoms with E-state index in [1.54, 1.807) is 0 Å². The topological polar surface area (TPSA) is 20.2 Å². The van der Waals surface area contributed by atoms with E-state index in [-0.39, 0.29) is 0 Å². The summed E-state index contributed by atoms with van der Waals surface area (Å²) in [6.45, 7) is 8.26. The van der Waals surface area contributed by atoms with Crippen LogP contribution in [0.15, 0.2) is 23.5 Å². The minimum atomic E-state index is 0.444. The molecule has 0 heterocycles. The van der Waals surface area contributed by atoms with Crippen molar-refractivity contribution in [1.82, 2.24) is 0 Å². The Hall–Kier alpha value is -0.720. The fraction of sp³-hybridized carbons (Fsp3) is 0.636. The van der Waals surface area contributed by atoms with Crippen LogP contribution in [-0.4, -0.2) is 5.11 Å². The quantitative estimate of drug-likeness (QED) is 0.499. The van der Waals surface area contributed by atoms with Gasteiger partial charge in [0.2, 0.25) is 0 Å². The number of aliphatic hydroxyl groups is 1. The van der Waals surface area contributed by atoms with E-state index in [1.807, 2.05) is 13.0 Å². The van der Waals surface area contributed by atoms with Gasteiger partial charge in [-0.3, -0.25) is 0 Å². The second-order valence-electron chi connectivity index (χ2n) is 3.37. The van der Waals surface area contributed by atoms with Crippen LogP contribution in [0.3, 0.4) is 0 Å². The van der Waals surface area contributed by atoms with E-state index in [2.05, 4.69) is 26.8 Å². The molecule has 1 heteroatoms. The summed E-state index contributed by atoms with van der Waals surface area (Å²) in [5.41, 5.74) is 1.09. The number of rotatable bonds is 4. The van der Waals surface area contributed by atoms with Crippen molar-refractivity contribution in [2.45, 2.75) is 40.5 Å². The van der Waals surface area contributed by atoms with Crippen LogP contribution in [0.25, 0.3) is 0 Å². The highest BCUT2D eigenvalue weighted by Crippen LogP contribution is 2.14. The number of allylic oxidation sites excluding steroid dienone is 3. The van der Waals surface area contributed by atoms with Gasteiger partial charge < -0.3 is 5.11 Å². The van der Waals surface area contributed by atoms with E-state index in [9.17, 15) is 5.11 Å². The van der Waals surface area contributed by atoms with Crippen LogP contribution in [0.5, 0.6) is 0 Å². The van der Waals surface area contributed by atoms with Crippen molar-refractivity contribution in [1.29, 1.82) is 0 Å². The summed E-state index contributed by atoms with van der Waals surface area (Å²) in [7, 11) is 0. The Labute approximate surface area is 75.8 Å². The van der Waals surface area contributed by atoms with Crippen LogP contribution < -0.4 is 0 Å². The van der Waals surface area contributed by atoms with Gasteiger partial charge in [-0.1, -0.05) is 32.9 Å². The molecule has 0 amide bonds. The zero-order chi connectivity index (χ0) is 9.56. The molecule has 0 aromatic heterocycles. The lowest BCUT2D eigenvalue weighted by Gasteiger charge is -2.07. The molecule has 0 saturated carbocycles. The predicted octanol–water partition coefficient (Wildman–Crippen LogP) is 3.83. The van der Waals surface area contributed by atoms with Crippen LogP contribution in [0.1, 0.15) is 40.5 Å². The van der Waals surface area contributed by atoms with Gasteiger partial charge in [0.05, 0.1) is 5.76 Å². The monoisotopic (exact) mass is 168 g/mol. The SMILES string of the molecule is CC/C=C\C/C(O)=C(\C)C(C)C. The fourth-order valence-corrected chi connectivity index (χ4v) is 0.856. The Morgan fingerprint density at radius 2 is 1.92 bits per heavy atom. The van der Waals surface area contributed by atoms with Crippen LogP contribution >= 0.6 is 0 Å². The Balaban J connectivity index is 4.08. The van der Waals surface area contributed by atoms with Crippen LogP contribution in [0.2, 0.25) is 0 Å². The molecule has 0 saturated heterocycles. The Bertz CT molecular complexity index is 175. The first-order valence-electron chi connectivity index (χ1n) is 4.63. The van der Waals surface area contributed by atoms with E-state index < -0.39 is 0 Å². The van der Waals surface area contributed by atoms with Crippen LogP contribution in [0.4, 0.5) is 0 Å². The molecule has 0 bridgehead atoms. The summed E-state index contributed by atoms with van der Waals surface area (Å²) < 4.78 is 0. The zero-order valence-corrected chi connectivity index (χ0v) is 8.59. The minimum absolute atomic E-state index is 0.444. The van der Waals surface area contributed by atoms with Gasteiger partial charge in [0.25, 0.3) is 0 Å². The maximum atomic E-state index is 9.54. The van der Waals surface area contributed by atoms with Crippen molar-refractivity contribution >= 4 is 0 Å². The van der Waals surface area contributed by atoms with Crippen molar-refractivity contribution in [3.63, 3.8) is 0 Å². The van der Waals surface area contributed by atoms with Gasteiger partial charge in [0.15, 0.2) is 0 Å². The zero-order valence-electron chi connectivity index (χ0n) is 8.59. The third-order valence-electron chi connectivity index (χ3n) is 2.03. The van der Waals surface area contributed by atoms with Crippen molar-refractivity contribution in [2.75, 3.05) is 0 Å². The molecule has 12 heavy (non-hydrogen) atoms. The second kappa shape index (κ2) is 5.87. The molecule has 1 nitrogen and oxygen atoms in total. The van der Waals surface area contributed by atoms with E-state index in [0.717, 1.165) is 12.0 Å². The third kappa shape index (κ3) is 4.22. The van der Waals surface area contributed by atoms with Crippen LogP contribution in [0, 0.1) is 5.92 Å². The normalized spacial score (nSPS) is 14.1. The summed E-state index contributed by atoms with van der Waals surface area (Å²) in [5.74, 6) is 0.967. The standard InChI is InChI=1S/C11H20O/c1-5-6-7-8-11(12)10(4)9(2)3/h6-7,9,12H,5,8H2,1-4H3/b7-6-,11-10-. The highest BCUT2D eigenvalue weighted by Gasteiger charge is 2.02. The molecule has 0 spiro atoms.